The molecule has 2 atom stereocenters. The van der Waals surface area contributed by atoms with Gasteiger partial charge < -0.3 is 0 Å². The Morgan fingerprint density at radius 1 is 0.800 bits per heavy atom. The van der Waals surface area contributed by atoms with Crippen molar-refractivity contribution in [3.63, 3.8) is 0 Å². The van der Waals surface area contributed by atoms with Crippen LogP contribution >= 0.6 is 43.6 Å². The minimum absolute atomic E-state index is 0.790. The van der Waals surface area contributed by atoms with Crippen molar-refractivity contribution in [2.45, 2.75) is 71.5 Å². The second-order valence-electron chi connectivity index (χ2n) is 4.85. The van der Waals surface area contributed by atoms with Crippen molar-refractivity contribution >= 4 is 43.6 Å². The van der Waals surface area contributed by atoms with Crippen molar-refractivity contribution in [2.24, 2.45) is 0 Å². The number of hydrogen-bond acceptors (Lipinski definition) is 1. The molecule has 0 radical (unpaired) electrons. The first kappa shape index (κ1) is 12.8. The summed E-state index contributed by atoms with van der Waals surface area (Å²) in [6.07, 6.45) is 11.3. The molecule has 0 saturated heterocycles. The van der Waals surface area contributed by atoms with E-state index in [1.807, 2.05) is 0 Å². The van der Waals surface area contributed by atoms with E-state index in [1.165, 1.54) is 51.4 Å². The summed E-state index contributed by atoms with van der Waals surface area (Å²) >= 11 is 9.88. The molecule has 0 heterocycles. The average Bonchev–Trinajstić information content (AvgIpc) is 2.25. The molecule has 0 nitrogen and oxygen atoms in total. The van der Waals surface area contributed by atoms with Crippen LogP contribution in [0, 0.1) is 0 Å². The fraction of sp³-hybridized carbons (Fsp3) is 1.00. The standard InChI is InChI=1S/C12H20Br2S/c13-9-5-7-10(8-6-9)15-12-4-2-1-3-11(12)14/h9-12H,1-8H2. The third kappa shape index (κ3) is 3.92. The molecule has 0 aromatic carbocycles. The molecule has 2 fully saturated rings. The van der Waals surface area contributed by atoms with Gasteiger partial charge in [0.1, 0.15) is 0 Å². The van der Waals surface area contributed by atoms with E-state index in [1.54, 1.807) is 0 Å². The van der Waals surface area contributed by atoms with Gasteiger partial charge in [-0.3, -0.25) is 0 Å². The summed E-state index contributed by atoms with van der Waals surface area (Å²) in [6, 6.07) is 0. The Balaban J connectivity index is 1.75. The van der Waals surface area contributed by atoms with E-state index in [0.717, 1.165) is 20.2 Å². The van der Waals surface area contributed by atoms with E-state index in [2.05, 4.69) is 43.6 Å². The van der Waals surface area contributed by atoms with E-state index in [0.29, 0.717) is 0 Å². The molecule has 15 heavy (non-hydrogen) atoms. The fourth-order valence-corrected chi connectivity index (χ4v) is 5.75. The molecule has 2 rings (SSSR count). The molecule has 2 unspecified atom stereocenters. The Morgan fingerprint density at radius 2 is 1.47 bits per heavy atom. The van der Waals surface area contributed by atoms with Gasteiger partial charge in [0.05, 0.1) is 0 Å². The second-order valence-corrected chi connectivity index (χ2v) is 8.86. The summed E-state index contributed by atoms with van der Waals surface area (Å²) in [7, 11) is 0. The average molecular weight is 356 g/mol. The van der Waals surface area contributed by atoms with Gasteiger partial charge in [-0.05, 0) is 38.5 Å². The van der Waals surface area contributed by atoms with E-state index in [4.69, 9.17) is 0 Å². The second kappa shape index (κ2) is 6.30. The van der Waals surface area contributed by atoms with Gasteiger partial charge in [0.25, 0.3) is 0 Å². The molecule has 0 aromatic rings. The summed E-state index contributed by atoms with van der Waals surface area (Å²) in [6.45, 7) is 0. The Morgan fingerprint density at radius 3 is 2.13 bits per heavy atom. The molecule has 2 aliphatic carbocycles. The van der Waals surface area contributed by atoms with Gasteiger partial charge in [0.15, 0.2) is 0 Å². The summed E-state index contributed by atoms with van der Waals surface area (Å²) in [5, 5.41) is 1.84. The molecule has 0 N–H and O–H groups in total. The van der Waals surface area contributed by atoms with Crippen LogP contribution in [0.15, 0.2) is 0 Å². The van der Waals surface area contributed by atoms with Crippen molar-refractivity contribution in [3.05, 3.63) is 0 Å². The highest BCUT2D eigenvalue weighted by molar-refractivity contribution is 9.09. The maximum absolute atomic E-state index is 3.86. The zero-order chi connectivity index (χ0) is 10.7. The number of thioether (sulfide) groups is 1. The molecule has 0 bridgehead atoms. The lowest BCUT2D eigenvalue weighted by atomic mass is 9.99. The zero-order valence-electron chi connectivity index (χ0n) is 9.13. The van der Waals surface area contributed by atoms with Crippen LogP contribution in [0.5, 0.6) is 0 Å². The molecule has 0 spiro atoms. The summed E-state index contributed by atoms with van der Waals surface area (Å²) < 4.78 is 0. The molecule has 0 aromatic heterocycles. The summed E-state index contributed by atoms with van der Waals surface area (Å²) in [4.78, 5) is 1.60. The largest absolute Gasteiger partial charge is 0.154 e. The van der Waals surface area contributed by atoms with E-state index < -0.39 is 0 Å². The maximum atomic E-state index is 3.86. The van der Waals surface area contributed by atoms with Crippen molar-refractivity contribution in [1.29, 1.82) is 0 Å². The summed E-state index contributed by atoms with van der Waals surface area (Å²) in [5.41, 5.74) is 0. The molecule has 2 saturated carbocycles. The van der Waals surface area contributed by atoms with Crippen molar-refractivity contribution < 1.29 is 0 Å². The Bertz CT molecular complexity index is 190. The Kier molecular flexibility index (Phi) is 5.36. The molecular formula is C12H20Br2S. The highest BCUT2D eigenvalue weighted by Gasteiger charge is 2.28. The topological polar surface area (TPSA) is 0 Å². The third-order valence-corrected chi connectivity index (χ3v) is 7.72. The van der Waals surface area contributed by atoms with Gasteiger partial charge in [-0.1, -0.05) is 44.7 Å². The summed E-state index contributed by atoms with van der Waals surface area (Å²) in [5.74, 6) is 0. The predicted molar refractivity (Wildman–Crippen MR) is 77.5 cm³/mol. The number of alkyl halides is 2. The monoisotopic (exact) mass is 354 g/mol. The fourth-order valence-electron chi connectivity index (χ4n) is 2.61. The van der Waals surface area contributed by atoms with Crippen molar-refractivity contribution in [1.82, 2.24) is 0 Å². The van der Waals surface area contributed by atoms with Crippen LogP contribution in [-0.4, -0.2) is 20.2 Å². The van der Waals surface area contributed by atoms with Crippen LogP contribution in [-0.2, 0) is 0 Å². The van der Waals surface area contributed by atoms with Gasteiger partial charge in [-0.25, -0.2) is 0 Å². The van der Waals surface area contributed by atoms with E-state index in [-0.39, 0.29) is 0 Å². The number of halogens is 2. The molecule has 2 aliphatic rings. The van der Waals surface area contributed by atoms with Gasteiger partial charge in [0, 0.05) is 20.2 Å². The highest BCUT2D eigenvalue weighted by atomic mass is 79.9. The smallest absolute Gasteiger partial charge is 0.0264 e. The number of hydrogen-bond donors (Lipinski definition) is 0. The van der Waals surface area contributed by atoms with E-state index in [9.17, 15) is 0 Å². The molecule has 3 heteroatoms. The highest BCUT2D eigenvalue weighted by Crippen LogP contribution is 2.40. The minimum Gasteiger partial charge on any atom is -0.154 e. The maximum Gasteiger partial charge on any atom is 0.0264 e. The molecule has 0 aliphatic heterocycles. The lowest BCUT2D eigenvalue weighted by molar-refractivity contribution is 0.512. The van der Waals surface area contributed by atoms with Crippen molar-refractivity contribution in [2.75, 3.05) is 0 Å². The SMILES string of the molecule is BrC1CCC(SC2CCCCC2Br)CC1. The van der Waals surface area contributed by atoms with Crippen LogP contribution < -0.4 is 0 Å². The first-order chi connectivity index (χ1) is 7.25. The van der Waals surface area contributed by atoms with Crippen LogP contribution in [0.4, 0.5) is 0 Å². The normalized spacial score (nSPS) is 42.8. The van der Waals surface area contributed by atoms with Crippen LogP contribution in [0.2, 0.25) is 0 Å². The molecule has 88 valence electrons. The third-order valence-electron chi connectivity index (χ3n) is 3.59. The number of rotatable bonds is 2. The van der Waals surface area contributed by atoms with Gasteiger partial charge in [-0.15, -0.1) is 0 Å². The predicted octanol–water partition coefficient (Wildman–Crippen LogP) is 5.13. The lowest BCUT2D eigenvalue weighted by Crippen LogP contribution is -2.26. The molecular weight excluding hydrogens is 336 g/mol. The van der Waals surface area contributed by atoms with Gasteiger partial charge in [0.2, 0.25) is 0 Å². The first-order valence-corrected chi connectivity index (χ1v) is 8.96. The van der Waals surface area contributed by atoms with Gasteiger partial charge in [-0.2, -0.15) is 11.8 Å². The Hall–Kier alpha value is 1.31. The van der Waals surface area contributed by atoms with Crippen LogP contribution in [0.3, 0.4) is 0 Å². The van der Waals surface area contributed by atoms with Crippen LogP contribution in [0.1, 0.15) is 51.4 Å². The molecule has 0 amide bonds. The zero-order valence-corrected chi connectivity index (χ0v) is 13.1. The van der Waals surface area contributed by atoms with Gasteiger partial charge >= 0.3 is 0 Å². The lowest BCUT2D eigenvalue weighted by Gasteiger charge is -2.32. The van der Waals surface area contributed by atoms with E-state index >= 15 is 0 Å². The quantitative estimate of drug-likeness (QED) is 0.618. The minimum atomic E-state index is 0.790. The van der Waals surface area contributed by atoms with Crippen LogP contribution in [0.25, 0.3) is 0 Å². The van der Waals surface area contributed by atoms with Crippen molar-refractivity contribution in [3.8, 4) is 0 Å². The Labute approximate surface area is 115 Å². The first-order valence-electron chi connectivity index (χ1n) is 6.19.